The van der Waals surface area contributed by atoms with Gasteiger partial charge in [0.05, 0.1) is 0 Å². The van der Waals surface area contributed by atoms with Crippen LogP contribution in [0.15, 0.2) is 168 Å². The Morgan fingerprint density at radius 3 is 1.51 bits per heavy atom. The number of rotatable bonds is 4. The summed E-state index contributed by atoms with van der Waals surface area (Å²) in [5.74, 6) is 1.92. The van der Waals surface area contributed by atoms with E-state index in [0.29, 0.717) is 17.5 Å². The highest BCUT2D eigenvalue weighted by molar-refractivity contribution is 6.27. The molecule has 1 aliphatic rings. The SMILES string of the molecule is c1ccc(-c2nc(-c3ccccc3)nc(-c3ccc(-c4cccc5c4oc4c6cccc7c6c(cc54)-c4ccccc4-7)c4ccccc34)n2)cc1. The molecule has 0 atom stereocenters. The van der Waals surface area contributed by atoms with E-state index in [1.54, 1.807) is 0 Å². The zero-order chi connectivity index (χ0) is 33.5. The van der Waals surface area contributed by atoms with Crippen molar-refractivity contribution in [1.82, 2.24) is 15.0 Å². The molecule has 2 aromatic heterocycles. The predicted octanol–water partition coefficient (Wildman–Crippen LogP) is 12.4. The number of aromatic nitrogens is 3. The summed E-state index contributed by atoms with van der Waals surface area (Å²) in [5, 5.41) is 6.84. The summed E-state index contributed by atoms with van der Waals surface area (Å²) in [7, 11) is 0. The molecule has 0 saturated heterocycles. The Morgan fingerprint density at radius 1 is 0.294 bits per heavy atom. The first-order chi connectivity index (χ1) is 25.3. The van der Waals surface area contributed by atoms with Gasteiger partial charge >= 0.3 is 0 Å². The summed E-state index contributed by atoms with van der Waals surface area (Å²) in [6, 6.07) is 57.2. The van der Waals surface area contributed by atoms with Crippen molar-refractivity contribution in [1.29, 1.82) is 0 Å². The van der Waals surface area contributed by atoms with Gasteiger partial charge in [-0.25, -0.2) is 15.0 Å². The number of benzene rings is 8. The fourth-order valence-corrected chi connectivity index (χ4v) is 7.99. The Labute approximate surface area is 293 Å². The lowest BCUT2D eigenvalue weighted by Gasteiger charge is -2.13. The average Bonchev–Trinajstić information content (AvgIpc) is 3.75. The molecule has 8 aromatic carbocycles. The summed E-state index contributed by atoms with van der Waals surface area (Å²) >= 11 is 0. The van der Waals surface area contributed by atoms with Crippen LogP contribution in [0.3, 0.4) is 0 Å². The van der Waals surface area contributed by atoms with Gasteiger partial charge in [0, 0.05) is 43.8 Å². The van der Waals surface area contributed by atoms with E-state index < -0.39 is 0 Å². The second-order valence-electron chi connectivity index (χ2n) is 13.1. The van der Waals surface area contributed by atoms with Crippen molar-refractivity contribution < 1.29 is 4.42 Å². The largest absolute Gasteiger partial charge is 0.455 e. The fourth-order valence-electron chi connectivity index (χ4n) is 7.99. The van der Waals surface area contributed by atoms with Gasteiger partial charge in [-0.05, 0) is 50.7 Å². The molecule has 0 saturated carbocycles. The maximum absolute atomic E-state index is 6.95. The fraction of sp³-hybridized carbons (Fsp3) is 0. The zero-order valence-electron chi connectivity index (χ0n) is 27.3. The lowest BCUT2D eigenvalue weighted by Crippen LogP contribution is -2.00. The van der Waals surface area contributed by atoms with Crippen LogP contribution in [0.4, 0.5) is 0 Å². The van der Waals surface area contributed by atoms with E-state index in [-0.39, 0.29) is 0 Å². The Kier molecular flexibility index (Phi) is 5.92. The number of furan rings is 1. The molecular formula is C47H27N3O. The van der Waals surface area contributed by atoms with Crippen molar-refractivity contribution in [3.05, 3.63) is 164 Å². The van der Waals surface area contributed by atoms with Crippen LogP contribution >= 0.6 is 0 Å². The number of hydrogen-bond acceptors (Lipinski definition) is 4. The monoisotopic (exact) mass is 649 g/mol. The molecule has 0 N–H and O–H groups in total. The van der Waals surface area contributed by atoms with E-state index >= 15 is 0 Å². The summed E-state index contributed by atoms with van der Waals surface area (Å²) in [6.07, 6.45) is 0. The van der Waals surface area contributed by atoms with E-state index in [1.807, 2.05) is 60.7 Å². The molecule has 0 aliphatic heterocycles. The first-order valence-corrected chi connectivity index (χ1v) is 17.2. The normalized spacial score (nSPS) is 11.9. The van der Waals surface area contributed by atoms with Gasteiger partial charge in [-0.1, -0.05) is 152 Å². The molecule has 2 heterocycles. The molecule has 0 radical (unpaired) electrons. The van der Waals surface area contributed by atoms with Gasteiger partial charge in [-0.2, -0.15) is 0 Å². The summed E-state index contributed by atoms with van der Waals surface area (Å²) in [5.41, 5.74) is 11.9. The number of nitrogens with zero attached hydrogens (tertiary/aromatic N) is 3. The topological polar surface area (TPSA) is 51.8 Å². The van der Waals surface area contributed by atoms with Gasteiger partial charge in [-0.15, -0.1) is 0 Å². The minimum Gasteiger partial charge on any atom is -0.455 e. The molecule has 4 heteroatoms. The standard InChI is InChI=1S/C47H27N3O/c1-3-13-28(14-4-1)45-48-46(29-15-5-2-6-16-29)50-47(49-45)38-26-25-34(30-17-7-9-19-32(30)38)36-22-12-23-37-41-27-40-33-20-10-8-18-31(33)35-21-11-24-39(42(35)40)44(41)51-43(36)37/h1-27H. The van der Waals surface area contributed by atoms with E-state index in [9.17, 15) is 0 Å². The Hall–Kier alpha value is -6.91. The third-order valence-corrected chi connectivity index (χ3v) is 10.3. The Morgan fingerprint density at radius 2 is 0.804 bits per heavy atom. The molecule has 236 valence electrons. The Balaban J connectivity index is 1.13. The quantitative estimate of drug-likeness (QED) is 0.190. The van der Waals surface area contributed by atoms with Gasteiger partial charge in [0.15, 0.2) is 17.5 Å². The average molecular weight is 650 g/mol. The maximum atomic E-state index is 6.95. The number of fused-ring (bicyclic) bond motifs is 8. The lowest BCUT2D eigenvalue weighted by atomic mass is 9.93. The van der Waals surface area contributed by atoms with Gasteiger partial charge in [0.1, 0.15) is 11.2 Å². The van der Waals surface area contributed by atoms with Crippen molar-refractivity contribution in [3.8, 4) is 67.5 Å². The van der Waals surface area contributed by atoms with E-state index in [2.05, 4.69) is 103 Å². The van der Waals surface area contributed by atoms with Crippen LogP contribution in [0, 0.1) is 0 Å². The van der Waals surface area contributed by atoms with Crippen LogP contribution in [-0.4, -0.2) is 15.0 Å². The molecule has 0 bridgehead atoms. The van der Waals surface area contributed by atoms with Gasteiger partial charge < -0.3 is 4.42 Å². The maximum Gasteiger partial charge on any atom is 0.164 e. The first-order valence-electron chi connectivity index (χ1n) is 17.2. The summed E-state index contributed by atoms with van der Waals surface area (Å²) < 4.78 is 6.95. The van der Waals surface area contributed by atoms with Crippen molar-refractivity contribution in [3.63, 3.8) is 0 Å². The number of para-hydroxylation sites is 1. The Bertz CT molecular complexity index is 2960. The van der Waals surface area contributed by atoms with Crippen LogP contribution in [0.1, 0.15) is 0 Å². The predicted molar refractivity (Wildman–Crippen MR) is 208 cm³/mol. The summed E-state index contributed by atoms with van der Waals surface area (Å²) in [4.78, 5) is 15.0. The van der Waals surface area contributed by atoms with Gasteiger partial charge in [0.2, 0.25) is 0 Å². The van der Waals surface area contributed by atoms with Gasteiger partial charge in [-0.3, -0.25) is 0 Å². The molecule has 1 aliphatic carbocycles. The van der Waals surface area contributed by atoms with Crippen LogP contribution in [0.5, 0.6) is 0 Å². The van der Waals surface area contributed by atoms with Crippen molar-refractivity contribution in [2.45, 2.75) is 0 Å². The van der Waals surface area contributed by atoms with Crippen molar-refractivity contribution in [2.75, 3.05) is 0 Å². The van der Waals surface area contributed by atoms with Crippen LogP contribution in [0.25, 0.3) is 111 Å². The molecular weight excluding hydrogens is 623 g/mol. The second-order valence-corrected chi connectivity index (χ2v) is 13.1. The third-order valence-electron chi connectivity index (χ3n) is 10.3. The highest BCUT2D eigenvalue weighted by Crippen LogP contribution is 2.51. The minimum absolute atomic E-state index is 0.636. The first kappa shape index (κ1) is 28.0. The van der Waals surface area contributed by atoms with Crippen molar-refractivity contribution in [2.24, 2.45) is 0 Å². The smallest absolute Gasteiger partial charge is 0.164 e. The second kappa shape index (κ2) is 10.8. The molecule has 4 nitrogen and oxygen atoms in total. The van der Waals surface area contributed by atoms with E-state index in [0.717, 1.165) is 65.9 Å². The molecule has 0 unspecified atom stereocenters. The highest BCUT2D eigenvalue weighted by Gasteiger charge is 2.25. The molecule has 10 aromatic rings. The summed E-state index contributed by atoms with van der Waals surface area (Å²) in [6.45, 7) is 0. The van der Waals surface area contributed by atoms with Crippen molar-refractivity contribution >= 4 is 43.5 Å². The molecule has 11 rings (SSSR count). The highest BCUT2D eigenvalue weighted by atomic mass is 16.3. The lowest BCUT2D eigenvalue weighted by molar-refractivity contribution is 0.674. The molecule has 0 spiro atoms. The molecule has 0 amide bonds. The molecule has 0 fully saturated rings. The zero-order valence-corrected chi connectivity index (χ0v) is 27.3. The molecule has 51 heavy (non-hydrogen) atoms. The van der Waals surface area contributed by atoms with Crippen LogP contribution < -0.4 is 0 Å². The van der Waals surface area contributed by atoms with Gasteiger partial charge in [0.25, 0.3) is 0 Å². The van der Waals surface area contributed by atoms with E-state index in [4.69, 9.17) is 19.4 Å². The minimum atomic E-state index is 0.636. The van der Waals surface area contributed by atoms with E-state index in [1.165, 1.54) is 27.6 Å². The van der Waals surface area contributed by atoms with Crippen LogP contribution in [0.2, 0.25) is 0 Å². The third kappa shape index (κ3) is 4.17. The van der Waals surface area contributed by atoms with Crippen LogP contribution in [-0.2, 0) is 0 Å². The number of hydrogen-bond donors (Lipinski definition) is 0.